The van der Waals surface area contributed by atoms with Gasteiger partial charge in [-0.2, -0.15) is 0 Å². The van der Waals surface area contributed by atoms with E-state index in [1.807, 2.05) is 0 Å². The zero-order valence-corrected chi connectivity index (χ0v) is 27.3. The summed E-state index contributed by atoms with van der Waals surface area (Å²) in [6, 6.07) is 69.5. The Morgan fingerprint density at radius 1 is 0.320 bits per heavy atom. The van der Waals surface area contributed by atoms with Gasteiger partial charge in [0.05, 0.1) is 16.4 Å². The molecule has 1 aromatic heterocycles. The highest BCUT2D eigenvalue weighted by Crippen LogP contribution is 2.64. The van der Waals surface area contributed by atoms with Gasteiger partial charge in [0, 0.05) is 16.5 Å². The van der Waals surface area contributed by atoms with Gasteiger partial charge in [0.25, 0.3) is 0 Å². The van der Waals surface area contributed by atoms with Gasteiger partial charge >= 0.3 is 0 Å². The van der Waals surface area contributed by atoms with Crippen molar-refractivity contribution < 1.29 is 0 Å². The maximum absolute atomic E-state index is 2.46. The first-order valence-corrected chi connectivity index (χ1v) is 17.4. The lowest BCUT2D eigenvalue weighted by Crippen LogP contribution is -2.25. The Labute approximate surface area is 291 Å². The molecule has 11 rings (SSSR count). The van der Waals surface area contributed by atoms with E-state index in [1.165, 1.54) is 94.3 Å². The molecule has 0 unspecified atom stereocenters. The molecule has 2 aliphatic rings. The lowest BCUT2D eigenvalue weighted by Gasteiger charge is -2.30. The summed E-state index contributed by atoms with van der Waals surface area (Å²) >= 11 is 0. The maximum atomic E-state index is 2.46. The van der Waals surface area contributed by atoms with Crippen molar-refractivity contribution in [3.8, 4) is 50.2 Å². The first kappa shape index (κ1) is 27.5. The van der Waals surface area contributed by atoms with E-state index in [1.54, 1.807) is 0 Å². The predicted octanol–water partition coefficient (Wildman–Crippen LogP) is 12.5. The van der Waals surface area contributed by atoms with E-state index in [0.29, 0.717) is 0 Å². The average Bonchev–Trinajstić information content (AvgIpc) is 3.80. The van der Waals surface area contributed by atoms with Gasteiger partial charge in [-0.3, -0.25) is 0 Å². The Morgan fingerprint density at radius 3 is 1.44 bits per heavy atom. The lowest BCUT2D eigenvalue weighted by molar-refractivity contribution is 0.794. The van der Waals surface area contributed by atoms with Gasteiger partial charge in [0.15, 0.2) is 0 Å². The molecule has 0 aliphatic heterocycles. The van der Waals surface area contributed by atoms with Crippen LogP contribution < -0.4 is 0 Å². The van der Waals surface area contributed by atoms with Crippen molar-refractivity contribution in [1.29, 1.82) is 0 Å². The van der Waals surface area contributed by atoms with Gasteiger partial charge < -0.3 is 4.57 Å². The van der Waals surface area contributed by atoms with Crippen LogP contribution in [-0.2, 0) is 5.41 Å². The van der Waals surface area contributed by atoms with Crippen LogP contribution in [0.3, 0.4) is 0 Å². The summed E-state index contributed by atoms with van der Waals surface area (Å²) in [6.45, 7) is 0. The monoisotopic (exact) mass is 633 g/mol. The van der Waals surface area contributed by atoms with Crippen molar-refractivity contribution in [2.75, 3.05) is 0 Å². The van der Waals surface area contributed by atoms with E-state index < -0.39 is 0 Å². The minimum atomic E-state index is -0.353. The summed E-state index contributed by atoms with van der Waals surface area (Å²) in [5, 5.41) is 2.61. The Kier molecular flexibility index (Phi) is 5.66. The van der Waals surface area contributed by atoms with E-state index in [0.717, 1.165) is 0 Å². The van der Waals surface area contributed by atoms with Gasteiger partial charge in [0.2, 0.25) is 0 Å². The summed E-state index contributed by atoms with van der Waals surface area (Å²) in [4.78, 5) is 0. The zero-order chi connectivity index (χ0) is 32.8. The number of hydrogen-bond donors (Lipinski definition) is 0. The molecule has 232 valence electrons. The number of rotatable bonds is 3. The summed E-state index contributed by atoms with van der Waals surface area (Å²) in [6.07, 6.45) is 0. The fourth-order valence-corrected chi connectivity index (χ4v) is 9.21. The normalized spacial score (nSPS) is 13.4. The van der Waals surface area contributed by atoms with Crippen LogP contribution in [-0.4, -0.2) is 4.57 Å². The van der Waals surface area contributed by atoms with E-state index in [4.69, 9.17) is 0 Å². The second-order valence-corrected chi connectivity index (χ2v) is 13.6. The number of benzene rings is 8. The van der Waals surface area contributed by atoms with Crippen LogP contribution in [0.25, 0.3) is 72.0 Å². The van der Waals surface area contributed by atoms with E-state index >= 15 is 0 Å². The Balaban J connectivity index is 1.12. The van der Waals surface area contributed by atoms with Gasteiger partial charge in [-0.15, -0.1) is 0 Å². The van der Waals surface area contributed by atoms with Crippen LogP contribution in [0.5, 0.6) is 0 Å². The second kappa shape index (κ2) is 10.3. The summed E-state index contributed by atoms with van der Waals surface area (Å²) < 4.78 is 2.46. The zero-order valence-electron chi connectivity index (χ0n) is 27.3. The number of aromatic nitrogens is 1. The number of fused-ring (bicyclic) bond motifs is 14. The molecular formula is C49H31N. The number of hydrogen-bond acceptors (Lipinski definition) is 0. The SMILES string of the molecule is c1ccc(-c2ccc(-c3ccc(-n4c5ccccc5c5c6c(ccc54)C4(c5ccccc5-c5ccccc54)c4ccccc4-6)cc3)cc2)cc1. The fourth-order valence-electron chi connectivity index (χ4n) is 9.21. The quantitative estimate of drug-likeness (QED) is 0.182. The van der Waals surface area contributed by atoms with E-state index in [2.05, 4.69) is 193 Å². The molecule has 0 saturated heterocycles. The molecule has 8 aromatic carbocycles. The predicted molar refractivity (Wildman–Crippen MR) is 208 cm³/mol. The summed E-state index contributed by atoms with van der Waals surface area (Å²) in [7, 11) is 0. The Hall–Kier alpha value is -6.44. The minimum absolute atomic E-state index is 0.353. The van der Waals surface area contributed by atoms with Crippen molar-refractivity contribution in [2.45, 2.75) is 5.41 Å². The Bertz CT molecular complexity index is 2740. The largest absolute Gasteiger partial charge is 0.309 e. The van der Waals surface area contributed by atoms with Crippen molar-refractivity contribution in [3.63, 3.8) is 0 Å². The molecule has 50 heavy (non-hydrogen) atoms. The molecule has 0 fully saturated rings. The van der Waals surface area contributed by atoms with Crippen LogP contribution in [0.4, 0.5) is 0 Å². The molecule has 1 nitrogen and oxygen atoms in total. The first-order chi connectivity index (χ1) is 24.8. The number of para-hydroxylation sites is 1. The fraction of sp³-hybridized carbons (Fsp3) is 0.0204. The second-order valence-electron chi connectivity index (χ2n) is 13.6. The molecule has 9 aromatic rings. The van der Waals surface area contributed by atoms with Gasteiger partial charge in [-0.25, -0.2) is 0 Å². The highest BCUT2D eigenvalue weighted by molar-refractivity contribution is 6.18. The molecule has 0 saturated carbocycles. The molecule has 0 N–H and O–H groups in total. The van der Waals surface area contributed by atoms with Crippen LogP contribution in [0.15, 0.2) is 188 Å². The van der Waals surface area contributed by atoms with Crippen molar-refractivity contribution in [2.24, 2.45) is 0 Å². The highest BCUT2D eigenvalue weighted by atomic mass is 15.0. The van der Waals surface area contributed by atoms with Crippen molar-refractivity contribution >= 4 is 21.8 Å². The van der Waals surface area contributed by atoms with Crippen LogP contribution in [0.2, 0.25) is 0 Å². The van der Waals surface area contributed by atoms with Crippen LogP contribution in [0.1, 0.15) is 22.3 Å². The Morgan fingerprint density at radius 2 is 0.800 bits per heavy atom. The topological polar surface area (TPSA) is 4.93 Å². The molecule has 2 aliphatic carbocycles. The van der Waals surface area contributed by atoms with Crippen LogP contribution in [0, 0.1) is 0 Å². The van der Waals surface area contributed by atoms with Crippen LogP contribution >= 0.6 is 0 Å². The van der Waals surface area contributed by atoms with E-state index in [-0.39, 0.29) is 5.41 Å². The molecule has 0 radical (unpaired) electrons. The molecule has 1 heterocycles. The summed E-state index contributed by atoms with van der Waals surface area (Å²) in [5.41, 5.74) is 19.0. The third-order valence-electron chi connectivity index (χ3n) is 11.2. The third kappa shape index (κ3) is 3.56. The molecule has 0 amide bonds. The standard InChI is InChI=1S/C49H31N/c1-2-12-32(13-3-1)33-22-24-34(25-23-33)35-26-28-36(29-27-35)50-45-21-11-7-17-40(45)48-46(50)31-30-44-47(48)39-16-6-10-20-43(39)49(44)41-18-8-4-14-37(41)38-15-5-9-19-42(38)49/h1-31H. The van der Waals surface area contributed by atoms with E-state index in [9.17, 15) is 0 Å². The average molecular weight is 634 g/mol. The van der Waals surface area contributed by atoms with Gasteiger partial charge in [-0.1, -0.05) is 164 Å². The smallest absolute Gasteiger partial charge is 0.0725 e. The molecular weight excluding hydrogens is 603 g/mol. The van der Waals surface area contributed by atoms with Gasteiger partial charge in [-0.05, 0) is 91.0 Å². The molecule has 0 bridgehead atoms. The lowest BCUT2D eigenvalue weighted by atomic mass is 9.70. The van der Waals surface area contributed by atoms with Gasteiger partial charge in [0.1, 0.15) is 0 Å². The molecule has 1 spiro atoms. The highest BCUT2D eigenvalue weighted by Gasteiger charge is 2.52. The first-order valence-electron chi connectivity index (χ1n) is 17.4. The van der Waals surface area contributed by atoms with Crippen molar-refractivity contribution in [1.82, 2.24) is 4.57 Å². The van der Waals surface area contributed by atoms with Crippen molar-refractivity contribution in [3.05, 3.63) is 210 Å². The maximum Gasteiger partial charge on any atom is 0.0725 e. The molecule has 1 heteroatoms. The minimum Gasteiger partial charge on any atom is -0.309 e. The summed E-state index contributed by atoms with van der Waals surface area (Å²) in [5.74, 6) is 0. The third-order valence-corrected chi connectivity index (χ3v) is 11.2. The number of nitrogens with zero attached hydrogens (tertiary/aromatic N) is 1. The molecule has 0 atom stereocenters.